The van der Waals surface area contributed by atoms with Gasteiger partial charge in [-0.05, 0) is 26.7 Å². The Hall–Kier alpha value is 0.260. The van der Waals surface area contributed by atoms with Gasteiger partial charge in [0.1, 0.15) is 0 Å². The van der Waals surface area contributed by atoms with Crippen LogP contribution in [0.5, 0.6) is 0 Å². The zero-order valence-electron chi connectivity index (χ0n) is 8.81. The Bertz CT molecular complexity index is 275. The first-order valence-electron chi connectivity index (χ1n) is 5.11. The van der Waals surface area contributed by atoms with Gasteiger partial charge in [-0.2, -0.15) is 12.6 Å². The standard InChI is InChI=1S/C9H19NO2S2/c1-8(2)14(11,12)10-6-4-3-5-9(13)7-10/h8-9,13H,3-7H2,1-2H3/t9-/m0/s1. The van der Waals surface area contributed by atoms with Gasteiger partial charge in [0.25, 0.3) is 0 Å². The Kier molecular flexibility index (Phi) is 4.28. The number of thiol groups is 1. The molecule has 0 saturated carbocycles. The van der Waals surface area contributed by atoms with Gasteiger partial charge >= 0.3 is 0 Å². The molecule has 0 amide bonds. The van der Waals surface area contributed by atoms with Gasteiger partial charge < -0.3 is 0 Å². The molecule has 1 saturated heterocycles. The normalized spacial score (nSPS) is 26.4. The summed E-state index contributed by atoms with van der Waals surface area (Å²) in [6, 6.07) is 0. The van der Waals surface area contributed by atoms with Gasteiger partial charge in [0, 0.05) is 18.3 Å². The topological polar surface area (TPSA) is 37.4 Å². The molecular formula is C9H19NO2S2. The van der Waals surface area contributed by atoms with E-state index in [2.05, 4.69) is 12.6 Å². The summed E-state index contributed by atoms with van der Waals surface area (Å²) < 4.78 is 25.4. The summed E-state index contributed by atoms with van der Waals surface area (Å²) in [7, 11) is -3.07. The van der Waals surface area contributed by atoms with Gasteiger partial charge in [-0.15, -0.1) is 0 Å². The molecule has 0 aromatic rings. The van der Waals surface area contributed by atoms with Crippen LogP contribution in [-0.4, -0.2) is 36.3 Å². The van der Waals surface area contributed by atoms with Crippen LogP contribution in [0, 0.1) is 0 Å². The summed E-state index contributed by atoms with van der Waals surface area (Å²) in [6.45, 7) is 4.70. The van der Waals surface area contributed by atoms with E-state index >= 15 is 0 Å². The van der Waals surface area contributed by atoms with E-state index in [1.54, 1.807) is 18.2 Å². The number of rotatable bonds is 2. The maximum atomic E-state index is 11.9. The van der Waals surface area contributed by atoms with E-state index in [1.807, 2.05) is 0 Å². The molecule has 0 radical (unpaired) electrons. The van der Waals surface area contributed by atoms with E-state index in [0.29, 0.717) is 13.1 Å². The molecular weight excluding hydrogens is 218 g/mol. The Morgan fingerprint density at radius 1 is 1.36 bits per heavy atom. The third-order valence-electron chi connectivity index (χ3n) is 2.56. The van der Waals surface area contributed by atoms with Gasteiger partial charge in [0.15, 0.2) is 0 Å². The monoisotopic (exact) mass is 237 g/mol. The van der Waals surface area contributed by atoms with Crippen molar-refractivity contribution in [2.24, 2.45) is 0 Å². The first-order valence-corrected chi connectivity index (χ1v) is 7.13. The van der Waals surface area contributed by atoms with E-state index in [1.165, 1.54) is 0 Å². The van der Waals surface area contributed by atoms with Crippen molar-refractivity contribution in [2.45, 2.75) is 43.6 Å². The first-order chi connectivity index (χ1) is 6.44. The largest absolute Gasteiger partial charge is 0.216 e. The van der Waals surface area contributed by atoms with Gasteiger partial charge in [0.05, 0.1) is 5.25 Å². The maximum absolute atomic E-state index is 11.9. The van der Waals surface area contributed by atoms with Crippen LogP contribution in [0.15, 0.2) is 0 Å². The SMILES string of the molecule is CC(C)S(=O)(=O)N1CCCC[C@H](S)C1. The molecule has 5 heteroatoms. The highest BCUT2D eigenvalue weighted by atomic mass is 32.2. The molecule has 0 aliphatic carbocycles. The second-order valence-corrected chi connectivity index (χ2v) is 7.32. The molecule has 14 heavy (non-hydrogen) atoms. The summed E-state index contributed by atoms with van der Waals surface area (Å²) in [5.74, 6) is 0. The van der Waals surface area contributed by atoms with E-state index in [9.17, 15) is 8.42 Å². The zero-order chi connectivity index (χ0) is 10.8. The minimum absolute atomic E-state index is 0.200. The highest BCUT2D eigenvalue weighted by Crippen LogP contribution is 2.19. The van der Waals surface area contributed by atoms with Crippen LogP contribution in [-0.2, 0) is 10.0 Å². The minimum Gasteiger partial charge on any atom is -0.212 e. The fourth-order valence-electron chi connectivity index (χ4n) is 1.62. The summed E-state index contributed by atoms with van der Waals surface area (Å²) >= 11 is 4.38. The van der Waals surface area contributed by atoms with Crippen molar-refractivity contribution in [3.05, 3.63) is 0 Å². The Morgan fingerprint density at radius 3 is 2.57 bits per heavy atom. The summed E-state index contributed by atoms with van der Waals surface area (Å²) in [6.07, 6.45) is 3.06. The number of hydrogen-bond donors (Lipinski definition) is 1. The number of nitrogens with zero attached hydrogens (tertiary/aromatic N) is 1. The average Bonchev–Trinajstić information content (AvgIpc) is 2.29. The summed E-state index contributed by atoms with van der Waals surface area (Å²) in [5.41, 5.74) is 0. The Balaban J connectivity index is 2.75. The predicted octanol–water partition coefficient (Wildman–Crippen LogP) is 1.51. The lowest BCUT2D eigenvalue weighted by Gasteiger charge is -2.23. The lowest BCUT2D eigenvalue weighted by atomic mass is 10.2. The molecule has 1 rings (SSSR count). The number of sulfonamides is 1. The van der Waals surface area contributed by atoms with Crippen LogP contribution in [0.4, 0.5) is 0 Å². The lowest BCUT2D eigenvalue weighted by Crippen LogP contribution is -2.39. The van der Waals surface area contributed by atoms with Gasteiger partial charge in [-0.1, -0.05) is 6.42 Å². The van der Waals surface area contributed by atoms with E-state index < -0.39 is 10.0 Å². The van der Waals surface area contributed by atoms with Crippen molar-refractivity contribution in [1.29, 1.82) is 0 Å². The van der Waals surface area contributed by atoms with Crippen LogP contribution >= 0.6 is 12.6 Å². The molecule has 3 nitrogen and oxygen atoms in total. The first kappa shape index (κ1) is 12.3. The quantitative estimate of drug-likeness (QED) is 0.739. The molecule has 0 unspecified atom stereocenters. The summed E-state index contributed by atoms with van der Waals surface area (Å²) in [4.78, 5) is 0. The third-order valence-corrected chi connectivity index (χ3v) is 5.23. The molecule has 1 aliphatic rings. The second kappa shape index (κ2) is 4.86. The van der Waals surface area contributed by atoms with Crippen molar-refractivity contribution in [3.63, 3.8) is 0 Å². The van der Waals surface area contributed by atoms with Crippen molar-refractivity contribution >= 4 is 22.7 Å². The third kappa shape index (κ3) is 2.87. The molecule has 0 spiro atoms. The molecule has 0 N–H and O–H groups in total. The zero-order valence-corrected chi connectivity index (χ0v) is 10.5. The summed E-state index contributed by atoms with van der Waals surface area (Å²) in [5, 5.41) is -0.118. The lowest BCUT2D eigenvalue weighted by molar-refractivity contribution is 0.421. The molecule has 1 atom stereocenters. The van der Waals surface area contributed by atoms with Gasteiger partial charge in [-0.3, -0.25) is 0 Å². The van der Waals surface area contributed by atoms with E-state index in [0.717, 1.165) is 19.3 Å². The molecule has 84 valence electrons. The van der Waals surface area contributed by atoms with Crippen LogP contribution in [0.25, 0.3) is 0 Å². The highest BCUT2D eigenvalue weighted by Gasteiger charge is 2.28. The molecule has 1 aliphatic heterocycles. The molecule has 0 bridgehead atoms. The van der Waals surface area contributed by atoms with E-state index in [4.69, 9.17) is 0 Å². The van der Waals surface area contributed by atoms with Crippen LogP contribution in [0.1, 0.15) is 33.1 Å². The molecule has 1 heterocycles. The highest BCUT2D eigenvalue weighted by molar-refractivity contribution is 7.89. The van der Waals surface area contributed by atoms with Gasteiger partial charge in [-0.25, -0.2) is 12.7 Å². The predicted molar refractivity (Wildman–Crippen MR) is 62.3 cm³/mol. The molecule has 0 aromatic heterocycles. The second-order valence-electron chi connectivity index (χ2n) is 4.10. The smallest absolute Gasteiger partial charge is 0.212 e. The van der Waals surface area contributed by atoms with Crippen molar-refractivity contribution < 1.29 is 8.42 Å². The molecule has 1 fully saturated rings. The fraction of sp³-hybridized carbons (Fsp3) is 1.00. The minimum atomic E-state index is -3.07. The van der Waals surface area contributed by atoms with Gasteiger partial charge in [0.2, 0.25) is 10.0 Å². The maximum Gasteiger partial charge on any atom is 0.216 e. The molecule has 0 aromatic carbocycles. The Labute approximate surface area is 92.3 Å². The fourth-order valence-corrected chi connectivity index (χ4v) is 3.47. The van der Waals surface area contributed by atoms with Crippen molar-refractivity contribution in [3.8, 4) is 0 Å². The average molecular weight is 237 g/mol. The van der Waals surface area contributed by atoms with Crippen LogP contribution in [0.3, 0.4) is 0 Å². The van der Waals surface area contributed by atoms with Crippen molar-refractivity contribution in [2.75, 3.05) is 13.1 Å². The number of hydrogen-bond acceptors (Lipinski definition) is 3. The van der Waals surface area contributed by atoms with Crippen LogP contribution < -0.4 is 0 Å². The van der Waals surface area contributed by atoms with Crippen molar-refractivity contribution in [1.82, 2.24) is 4.31 Å². The van der Waals surface area contributed by atoms with Crippen LogP contribution in [0.2, 0.25) is 0 Å². The Morgan fingerprint density at radius 2 is 2.00 bits per heavy atom. The van der Waals surface area contributed by atoms with E-state index in [-0.39, 0.29) is 10.5 Å².